The van der Waals surface area contributed by atoms with Gasteiger partial charge in [0.25, 0.3) is 0 Å². The lowest BCUT2D eigenvalue weighted by Gasteiger charge is -2.18. The Morgan fingerprint density at radius 1 is 1.25 bits per heavy atom. The zero-order valence-electron chi connectivity index (χ0n) is 14.7. The summed E-state index contributed by atoms with van der Waals surface area (Å²) in [6.07, 6.45) is 2.24. The largest absolute Gasteiger partial charge is 0.465 e. The van der Waals surface area contributed by atoms with Gasteiger partial charge in [-0.3, -0.25) is 0 Å². The van der Waals surface area contributed by atoms with E-state index >= 15 is 0 Å². The molecule has 0 fully saturated rings. The normalized spacial score (nSPS) is 10.3. The first-order valence-corrected chi connectivity index (χ1v) is 8.05. The molecule has 6 nitrogen and oxygen atoms in total. The second-order valence-corrected chi connectivity index (χ2v) is 5.66. The molecule has 1 aromatic heterocycles. The number of benzene rings is 1. The number of anilines is 3. The number of aromatic nitrogens is 2. The summed E-state index contributed by atoms with van der Waals surface area (Å²) in [6.45, 7) is 5.04. The van der Waals surface area contributed by atoms with Gasteiger partial charge in [0.15, 0.2) is 0 Å². The van der Waals surface area contributed by atoms with E-state index in [1.807, 2.05) is 32.2 Å². The van der Waals surface area contributed by atoms with Crippen molar-refractivity contribution in [2.45, 2.75) is 26.7 Å². The van der Waals surface area contributed by atoms with E-state index in [9.17, 15) is 4.79 Å². The van der Waals surface area contributed by atoms with Crippen molar-refractivity contribution in [3.63, 3.8) is 0 Å². The molecule has 0 aliphatic carbocycles. The molecule has 0 saturated carbocycles. The summed E-state index contributed by atoms with van der Waals surface area (Å²) < 4.78 is 4.70. The maximum atomic E-state index is 11.5. The van der Waals surface area contributed by atoms with E-state index in [2.05, 4.69) is 27.1 Å². The summed E-state index contributed by atoms with van der Waals surface area (Å²) in [5.41, 5.74) is 2.27. The number of rotatable bonds is 7. The number of aryl methyl sites for hydroxylation is 1. The average molecular weight is 328 g/mol. The number of esters is 1. The summed E-state index contributed by atoms with van der Waals surface area (Å²) in [5, 5.41) is 3.25. The topological polar surface area (TPSA) is 67.4 Å². The van der Waals surface area contributed by atoms with Gasteiger partial charge >= 0.3 is 5.97 Å². The first kappa shape index (κ1) is 17.7. The molecule has 128 valence electrons. The molecule has 1 N–H and O–H groups in total. The van der Waals surface area contributed by atoms with E-state index in [-0.39, 0.29) is 5.97 Å². The van der Waals surface area contributed by atoms with Gasteiger partial charge in [0.1, 0.15) is 5.82 Å². The number of nitrogens with one attached hydrogen (secondary N) is 1. The van der Waals surface area contributed by atoms with E-state index < -0.39 is 0 Å². The highest BCUT2D eigenvalue weighted by Gasteiger charge is 2.08. The zero-order valence-corrected chi connectivity index (χ0v) is 14.7. The molecule has 0 aliphatic heterocycles. The molecular formula is C18H24N4O2. The van der Waals surface area contributed by atoms with Crippen LogP contribution in [0.1, 0.15) is 35.8 Å². The predicted molar refractivity (Wildman–Crippen MR) is 96.0 cm³/mol. The Labute approximate surface area is 142 Å². The molecule has 0 bridgehead atoms. The number of hydrogen-bond donors (Lipinski definition) is 1. The SMILES string of the molecule is CCCCN(C)c1nc(C)cc(Nc2ccc(C(=O)OC)cc2)n1. The lowest BCUT2D eigenvalue weighted by Crippen LogP contribution is -2.21. The maximum absolute atomic E-state index is 11.5. The minimum Gasteiger partial charge on any atom is -0.465 e. The molecule has 2 rings (SSSR count). The van der Waals surface area contributed by atoms with E-state index in [4.69, 9.17) is 4.74 Å². The van der Waals surface area contributed by atoms with Crippen LogP contribution in [-0.4, -0.2) is 36.6 Å². The van der Waals surface area contributed by atoms with Gasteiger partial charge in [0.2, 0.25) is 5.95 Å². The van der Waals surface area contributed by atoms with Crippen molar-refractivity contribution in [2.24, 2.45) is 0 Å². The number of hydrogen-bond acceptors (Lipinski definition) is 6. The lowest BCUT2D eigenvalue weighted by molar-refractivity contribution is 0.0601. The minimum atomic E-state index is -0.348. The Bertz CT molecular complexity index is 686. The van der Waals surface area contributed by atoms with Crippen molar-refractivity contribution in [1.82, 2.24) is 9.97 Å². The lowest BCUT2D eigenvalue weighted by atomic mass is 10.2. The summed E-state index contributed by atoms with van der Waals surface area (Å²) in [5.74, 6) is 1.09. The second kappa shape index (κ2) is 8.29. The van der Waals surface area contributed by atoms with Crippen LogP contribution in [0.4, 0.5) is 17.5 Å². The van der Waals surface area contributed by atoms with Gasteiger partial charge in [-0.25, -0.2) is 9.78 Å². The molecule has 6 heteroatoms. The van der Waals surface area contributed by atoms with Gasteiger partial charge in [-0.05, 0) is 37.6 Å². The molecule has 0 amide bonds. The number of ether oxygens (including phenoxy) is 1. The molecular weight excluding hydrogens is 304 g/mol. The Morgan fingerprint density at radius 2 is 1.96 bits per heavy atom. The van der Waals surface area contributed by atoms with Gasteiger partial charge < -0.3 is 15.0 Å². The molecule has 1 aromatic carbocycles. The van der Waals surface area contributed by atoms with Crippen LogP contribution >= 0.6 is 0 Å². The van der Waals surface area contributed by atoms with Crippen LogP contribution in [0.2, 0.25) is 0 Å². The van der Waals surface area contributed by atoms with Crippen LogP contribution in [0.25, 0.3) is 0 Å². The molecule has 1 heterocycles. The average Bonchev–Trinajstić information content (AvgIpc) is 2.59. The Hall–Kier alpha value is -2.63. The number of carbonyl (C=O) groups excluding carboxylic acids is 1. The molecule has 2 aromatic rings. The first-order chi connectivity index (χ1) is 11.5. The van der Waals surface area contributed by atoms with Gasteiger partial charge in [-0.1, -0.05) is 13.3 Å². The highest BCUT2D eigenvalue weighted by Crippen LogP contribution is 2.19. The second-order valence-electron chi connectivity index (χ2n) is 5.66. The monoisotopic (exact) mass is 328 g/mol. The summed E-state index contributed by atoms with van der Waals surface area (Å²) in [7, 11) is 3.37. The maximum Gasteiger partial charge on any atom is 0.337 e. The Balaban J connectivity index is 2.14. The highest BCUT2D eigenvalue weighted by molar-refractivity contribution is 5.89. The fourth-order valence-electron chi connectivity index (χ4n) is 2.24. The fraction of sp³-hybridized carbons (Fsp3) is 0.389. The van der Waals surface area contributed by atoms with Crippen molar-refractivity contribution in [3.05, 3.63) is 41.6 Å². The van der Waals surface area contributed by atoms with Crippen LogP contribution in [0.5, 0.6) is 0 Å². The van der Waals surface area contributed by atoms with Crippen molar-refractivity contribution in [3.8, 4) is 0 Å². The van der Waals surface area contributed by atoms with Crippen LogP contribution in [-0.2, 0) is 4.74 Å². The standard InChI is InChI=1S/C18H24N4O2/c1-5-6-11-22(3)18-19-13(2)12-16(21-18)20-15-9-7-14(8-10-15)17(23)24-4/h7-10,12H,5-6,11H2,1-4H3,(H,19,20,21). The molecule has 24 heavy (non-hydrogen) atoms. The minimum absolute atomic E-state index is 0.348. The third kappa shape index (κ3) is 4.68. The molecule has 0 atom stereocenters. The first-order valence-electron chi connectivity index (χ1n) is 8.05. The van der Waals surface area contributed by atoms with Crippen LogP contribution in [0.3, 0.4) is 0 Å². The number of carbonyl (C=O) groups is 1. The molecule has 0 aliphatic rings. The van der Waals surface area contributed by atoms with Crippen LogP contribution in [0.15, 0.2) is 30.3 Å². The zero-order chi connectivity index (χ0) is 17.5. The molecule has 0 saturated heterocycles. The van der Waals surface area contributed by atoms with E-state index in [1.54, 1.807) is 12.1 Å². The van der Waals surface area contributed by atoms with Crippen molar-refractivity contribution >= 4 is 23.4 Å². The van der Waals surface area contributed by atoms with Gasteiger partial charge in [0, 0.05) is 31.0 Å². The van der Waals surface area contributed by atoms with Crippen LogP contribution < -0.4 is 10.2 Å². The third-order valence-corrected chi connectivity index (χ3v) is 3.61. The van der Waals surface area contributed by atoms with Crippen molar-refractivity contribution in [2.75, 3.05) is 30.9 Å². The van der Waals surface area contributed by atoms with Crippen LogP contribution in [0, 0.1) is 6.92 Å². The number of methoxy groups -OCH3 is 1. The van der Waals surface area contributed by atoms with E-state index in [1.165, 1.54) is 7.11 Å². The summed E-state index contributed by atoms with van der Waals surface area (Å²) >= 11 is 0. The number of nitrogens with zero attached hydrogens (tertiary/aromatic N) is 3. The van der Waals surface area contributed by atoms with Gasteiger partial charge in [-0.2, -0.15) is 4.98 Å². The molecule has 0 radical (unpaired) electrons. The summed E-state index contributed by atoms with van der Waals surface area (Å²) in [6, 6.07) is 8.98. The molecule has 0 spiro atoms. The fourth-order valence-corrected chi connectivity index (χ4v) is 2.24. The van der Waals surface area contributed by atoms with Gasteiger partial charge in [0.05, 0.1) is 12.7 Å². The highest BCUT2D eigenvalue weighted by atomic mass is 16.5. The third-order valence-electron chi connectivity index (χ3n) is 3.61. The predicted octanol–water partition coefficient (Wildman–Crippen LogP) is 3.55. The number of unbranched alkanes of at least 4 members (excludes halogenated alkanes) is 1. The quantitative estimate of drug-likeness (QED) is 0.784. The Morgan fingerprint density at radius 3 is 2.58 bits per heavy atom. The van der Waals surface area contributed by atoms with E-state index in [0.29, 0.717) is 11.5 Å². The van der Waals surface area contributed by atoms with Crippen molar-refractivity contribution in [1.29, 1.82) is 0 Å². The molecule has 0 unspecified atom stereocenters. The van der Waals surface area contributed by atoms with Gasteiger partial charge in [-0.15, -0.1) is 0 Å². The van der Waals surface area contributed by atoms with E-state index in [0.717, 1.165) is 36.6 Å². The smallest absolute Gasteiger partial charge is 0.337 e. The summed E-state index contributed by atoms with van der Waals surface area (Å²) in [4.78, 5) is 22.6. The van der Waals surface area contributed by atoms with Crippen molar-refractivity contribution < 1.29 is 9.53 Å². The Kier molecular flexibility index (Phi) is 6.12.